The van der Waals surface area contributed by atoms with Crippen LogP contribution in [0.1, 0.15) is 45.4 Å². The molecule has 0 aliphatic carbocycles. The summed E-state index contributed by atoms with van der Waals surface area (Å²) in [5, 5.41) is 0. The van der Waals surface area contributed by atoms with Crippen molar-refractivity contribution >= 4 is 5.91 Å². The highest BCUT2D eigenvalue weighted by Gasteiger charge is 2.47. The molecule has 4 heterocycles. The first-order valence-corrected chi connectivity index (χ1v) is 10.9. The molecule has 156 valence electrons. The highest BCUT2D eigenvalue weighted by molar-refractivity contribution is 5.81. The molecule has 0 saturated carbocycles. The van der Waals surface area contributed by atoms with Gasteiger partial charge in [-0.15, -0.1) is 0 Å². The number of piperidine rings is 1. The van der Waals surface area contributed by atoms with E-state index in [1.54, 1.807) is 0 Å². The van der Waals surface area contributed by atoms with Crippen LogP contribution in [0.25, 0.3) is 0 Å². The van der Waals surface area contributed by atoms with E-state index in [-0.39, 0.29) is 5.91 Å². The second-order valence-electron chi connectivity index (χ2n) is 8.37. The molecule has 0 radical (unpaired) electrons. The zero-order chi connectivity index (χ0) is 19.6. The van der Waals surface area contributed by atoms with Crippen LogP contribution in [-0.2, 0) is 26.4 Å². The SMILES string of the molecule is CCN(CC)C(=O)[C@@H]1Cn2ccnc2C2(CCN(CC3CCOCC3)CC2)O1. The largest absolute Gasteiger partial charge is 0.381 e. The van der Waals surface area contributed by atoms with E-state index in [4.69, 9.17) is 9.47 Å². The summed E-state index contributed by atoms with van der Waals surface area (Å²) in [6.07, 6.45) is 7.57. The second-order valence-corrected chi connectivity index (χ2v) is 8.37. The van der Waals surface area contributed by atoms with Gasteiger partial charge in [-0.25, -0.2) is 4.98 Å². The lowest BCUT2D eigenvalue weighted by Crippen LogP contribution is -2.55. The molecule has 4 rings (SSSR count). The molecule has 1 amide bonds. The summed E-state index contributed by atoms with van der Waals surface area (Å²) in [6, 6.07) is 0. The first-order valence-electron chi connectivity index (χ1n) is 10.9. The van der Waals surface area contributed by atoms with Gasteiger partial charge in [0.05, 0.1) is 6.54 Å². The third kappa shape index (κ3) is 3.84. The number of likely N-dealkylation sites (N-methyl/N-ethyl adjacent to an activating group) is 1. The van der Waals surface area contributed by atoms with Crippen LogP contribution in [0.4, 0.5) is 0 Å². The maximum atomic E-state index is 13.0. The fourth-order valence-electron chi connectivity index (χ4n) is 5.00. The maximum absolute atomic E-state index is 13.0. The lowest BCUT2D eigenvalue weighted by molar-refractivity contribution is -0.181. The van der Waals surface area contributed by atoms with E-state index in [0.717, 1.165) is 70.5 Å². The molecule has 1 aromatic heterocycles. The number of hydrogen-bond donors (Lipinski definition) is 0. The lowest BCUT2D eigenvalue weighted by Gasteiger charge is -2.46. The minimum Gasteiger partial charge on any atom is -0.381 e. The first-order chi connectivity index (χ1) is 13.6. The summed E-state index contributed by atoms with van der Waals surface area (Å²) < 4.78 is 14.2. The fourth-order valence-corrected chi connectivity index (χ4v) is 5.00. The topological polar surface area (TPSA) is 59.8 Å². The monoisotopic (exact) mass is 390 g/mol. The van der Waals surface area contributed by atoms with Gasteiger partial charge >= 0.3 is 0 Å². The van der Waals surface area contributed by atoms with Crippen molar-refractivity contribution in [1.29, 1.82) is 0 Å². The fraction of sp³-hybridized carbons (Fsp3) is 0.810. The summed E-state index contributed by atoms with van der Waals surface area (Å²) in [4.78, 5) is 22.1. The maximum Gasteiger partial charge on any atom is 0.253 e. The zero-order valence-electron chi connectivity index (χ0n) is 17.3. The van der Waals surface area contributed by atoms with Crippen LogP contribution in [0.2, 0.25) is 0 Å². The van der Waals surface area contributed by atoms with E-state index in [2.05, 4.69) is 14.5 Å². The van der Waals surface area contributed by atoms with Crippen molar-refractivity contribution in [2.75, 3.05) is 45.9 Å². The molecule has 2 saturated heterocycles. The van der Waals surface area contributed by atoms with Crippen molar-refractivity contribution in [3.8, 4) is 0 Å². The number of fused-ring (bicyclic) bond motifs is 2. The summed E-state index contributed by atoms with van der Waals surface area (Å²) >= 11 is 0. The average Bonchev–Trinajstić information content (AvgIpc) is 3.21. The minimum atomic E-state index is -0.429. The molecule has 3 aliphatic heterocycles. The van der Waals surface area contributed by atoms with Crippen molar-refractivity contribution in [3.05, 3.63) is 18.2 Å². The van der Waals surface area contributed by atoms with E-state index in [1.807, 2.05) is 31.1 Å². The van der Waals surface area contributed by atoms with Gasteiger partial charge in [0.15, 0.2) is 6.10 Å². The molecule has 0 aromatic carbocycles. The van der Waals surface area contributed by atoms with Crippen molar-refractivity contribution in [2.45, 2.75) is 57.8 Å². The summed E-state index contributed by atoms with van der Waals surface area (Å²) in [5.41, 5.74) is -0.429. The van der Waals surface area contributed by atoms with E-state index in [0.29, 0.717) is 6.54 Å². The van der Waals surface area contributed by atoms with Gasteiger partial charge in [0.25, 0.3) is 5.91 Å². The van der Waals surface area contributed by atoms with Gasteiger partial charge in [-0.2, -0.15) is 0 Å². The molecule has 7 nitrogen and oxygen atoms in total. The number of carbonyl (C=O) groups excluding carboxylic acids is 1. The molecule has 28 heavy (non-hydrogen) atoms. The average molecular weight is 391 g/mol. The lowest BCUT2D eigenvalue weighted by atomic mass is 9.87. The number of ether oxygens (including phenoxy) is 2. The first kappa shape index (κ1) is 19.9. The summed E-state index contributed by atoms with van der Waals surface area (Å²) in [6.45, 7) is 11.0. The van der Waals surface area contributed by atoms with Gasteiger partial charge in [0.1, 0.15) is 11.4 Å². The third-order valence-corrected chi connectivity index (χ3v) is 6.72. The number of amides is 1. The molecule has 0 N–H and O–H groups in total. The van der Waals surface area contributed by atoms with Crippen molar-refractivity contribution in [1.82, 2.24) is 19.4 Å². The van der Waals surface area contributed by atoms with Gasteiger partial charge in [-0.3, -0.25) is 4.79 Å². The molecule has 0 bridgehead atoms. The van der Waals surface area contributed by atoms with E-state index < -0.39 is 11.7 Å². The Kier molecular flexibility index (Phi) is 6.04. The molecule has 0 unspecified atom stereocenters. The normalized spacial score (nSPS) is 25.6. The van der Waals surface area contributed by atoms with Crippen LogP contribution in [0.5, 0.6) is 0 Å². The highest BCUT2D eigenvalue weighted by atomic mass is 16.5. The van der Waals surface area contributed by atoms with Gasteiger partial charge in [0.2, 0.25) is 0 Å². The van der Waals surface area contributed by atoms with E-state index in [9.17, 15) is 4.79 Å². The van der Waals surface area contributed by atoms with E-state index >= 15 is 0 Å². The number of rotatable bonds is 5. The Labute approximate surface area is 168 Å². The van der Waals surface area contributed by atoms with Crippen LogP contribution in [-0.4, -0.2) is 77.3 Å². The second kappa shape index (κ2) is 8.51. The van der Waals surface area contributed by atoms with E-state index in [1.165, 1.54) is 12.8 Å². The number of likely N-dealkylation sites (tertiary alicyclic amines) is 1. The predicted octanol–water partition coefficient (Wildman–Crippen LogP) is 1.87. The Morgan fingerprint density at radius 1 is 1.25 bits per heavy atom. The van der Waals surface area contributed by atoms with Crippen LogP contribution in [0.3, 0.4) is 0 Å². The van der Waals surface area contributed by atoms with Gasteiger partial charge in [-0.1, -0.05) is 0 Å². The van der Waals surface area contributed by atoms with Gasteiger partial charge < -0.3 is 23.8 Å². The Balaban J connectivity index is 1.45. The molecular formula is C21H34N4O3. The van der Waals surface area contributed by atoms with Gasteiger partial charge in [0, 0.05) is 58.3 Å². The molecule has 1 spiro atoms. The van der Waals surface area contributed by atoms with Crippen LogP contribution in [0.15, 0.2) is 12.4 Å². The summed E-state index contributed by atoms with van der Waals surface area (Å²) in [7, 11) is 0. The smallest absolute Gasteiger partial charge is 0.253 e. The summed E-state index contributed by atoms with van der Waals surface area (Å²) in [5.74, 6) is 1.85. The van der Waals surface area contributed by atoms with Crippen molar-refractivity contribution < 1.29 is 14.3 Å². The molecule has 1 atom stereocenters. The van der Waals surface area contributed by atoms with Crippen molar-refractivity contribution in [3.63, 3.8) is 0 Å². The van der Waals surface area contributed by atoms with Crippen LogP contribution >= 0.6 is 0 Å². The number of carbonyl (C=O) groups is 1. The number of nitrogens with zero attached hydrogens (tertiary/aromatic N) is 4. The Bertz CT molecular complexity index is 658. The Morgan fingerprint density at radius 3 is 2.64 bits per heavy atom. The number of hydrogen-bond acceptors (Lipinski definition) is 5. The quantitative estimate of drug-likeness (QED) is 0.768. The van der Waals surface area contributed by atoms with Crippen LogP contribution in [0, 0.1) is 5.92 Å². The zero-order valence-corrected chi connectivity index (χ0v) is 17.3. The Hall–Kier alpha value is -1.44. The molecule has 1 aromatic rings. The van der Waals surface area contributed by atoms with Crippen LogP contribution < -0.4 is 0 Å². The van der Waals surface area contributed by atoms with Crippen molar-refractivity contribution in [2.24, 2.45) is 5.92 Å². The number of imidazole rings is 1. The Morgan fingerprint density at radius 2 is 1.96 bits per heavy atom. The minimum absolute atomic E-state index is 0.105. The molecule has 7 heteroatoms. The highest BCUT2D eigenvalue weighted by Crippen LogP contribution is 2.40. The predicted molar refractivity (Wildman–Crippen MR) is 106 cm³/mol. The standard InChI is InChI=1S/C21H34N4O3/c1-3-24(4-2)19(26)18-16-25-12-9-22-20(25)21(28-18)7-10-23(11-8-21)15-17-5-13-27-14-6-17/h9,12,17-18H,3-8,10-11,13-16H2,1-2H3/t18-/m0/s1. The van der Waals surface area contributed by atoms with Gasteiger partial charge in [-0.05, 0) is 45.4 Å². The molecular weight excluding hydrogens is 356 g/mol. The molecule has 3 aliphatic rings. The molecule has 2 fully saturated rings. The third-order valence-electron chi connectivity index (χ3n) is 6.72. The number of aromatic nitrogens is 2.